The predicted molar refractivity (Wildman–Crippen MR) is 90.6 cm³/mol. The van der Waals surface area contributed by atoms with Gasteiger partial charge in [0.2, 0.25) is 5.91 Å². The first-order valence-corrected chi connectivity index (χ1v) is 8.19. The van der Waals surface area contributed by atoms with Crippen molar-refractivity contribution < 1.29 is 9.72 Å². The molecule has 0 aliphatic carbocycles. The number of hydrogen-bond donors (Lipinski definition) is 0. The number of carbonyl (C=O) groups excluding carboxylic acids is 1. The average Bonchev–Trinajstić information content (AvgIpc) is 3.00. The lowest BCUT2D eigenvalue weighted by molar-refractivity contribution is -0.384. The van der Waals surface area contributed by atoms with Gasteiger partial charge in [-0.15, -0.1) is 5.10 Å². The molecule has 9 nitrogen and oxygen atoms in total. The maximum atomic E-state index is 12.5. The summed E-state index contributed by atoms with van der Waals surface area (Å²) < 4.78 is 1.60. The van der Waals surface area contributed by atoms with Gasteiger partial charge in [0.1, 0.15) is 0 Å². The molecular weight excluding hydrogens is 324 g/mol. The summed E-state index contributed by atoms with van der Waals surface area (Å²) in [6.45, 7) is 4.42. The first-order chi connectivity index (χ1) is 11.9. The van der Waals surface area contributed by atoms with E-state index in [1.54, 1.807) is 28.8 Å². The van der Waals surface area contributed by atoms with Gasteiger partial charge in [-0.05, 0) is 36.3 Å². The Bertz CT molecular complexity index is 728. The van der Waals surface area contributed by atoms with Crippen LogP contribution in [0.1, 0.15) is 44.1 Å². The Hall–Kier alpha value is -2.84. The number of hydrogen-bond acceptors (Lipinski definition) is 6. The number of carbonyl (C=O) groups is 1. The van der Waals surface area contributed by atoms with Crippen molar-refractivity contribution >= 4 is 11.6 Å². The van der Waals surface area contributed by atoms with Crippen LogP contribution in [0.4, 0.5) is 5.69 Å². The highest BCUT2D eigenvalue weighted by Gasteiger charge is 2.20. The Morgan fingerprint density at radius 1 is 1.36 bits per heavy atom. The van der Waals surface area contributed by atoms with E-state index in [4.69, 9.17) is 0 Å². The van der Waals surface area contributed by atoms with Crippen LogP contribution in [0.25, 0.3) is 0 Å². The number of aryl methyl sites for hydroxylation is 2. The molecule has 1 amide bonds. The number of rotatable bonds is 8. The van der Waals surface area contributed by atoms with Crippen molar-refractivity contribution in [2.45, 2.75) is 39.2 Å². The van der Waals surface area contributed by atoms with Crippen LogP contribution in [-0.4, -0.2) is 42.5 Å². The third-order valence-electron chi connectivity index (χ3n) is 4.21. The number of benzene rings is 1. The van der Waals surface area contributed by atoms with Crippen LogP contribution < -0.4 is 0 Å². The summed E-state index contributed by atoms with van der Waals surface area (Å²) in [6.07, 6.45) is 1.70. The molecule has 25 heavy (non-hydrogen) atoms. The number of aromatic nitrogens is 4. The third-order valence-corrected chi connectivity index (χ3v) is 4.21. The Morgan fingerprint density at radius 3 is 2.56 bits per heavy atom. The van der Waals surface area contributed by atoms with E-state index in [0.29, 0.717) is 25.8 Å². The highest BCUT2D eigenvalue weighted by molar-refractivity contribution is 5.76. The summed E-state index contributed by atoms with van der Waals surface area (Å²) in [5.74, 6) is 0.794. The first kappa shape index (κ1) is 18.5. The molecule has 9 heteroatoms. The second-order valence-electron chi connectivity index (χ2n) is 5.78. The molecule has 0 fully saturated rings. The standard InChI is InChI=1S/C16H22N6O3/c1-4-21(12(2)13-8-10-14(11-9-13)22(24)25)16(23)7-5-6-15-17-18-19-20(15)3/h8-12H,4-7H2,1-3H3. The highest BCUT2D eigenvalue weighted by Crippen LogP contribution is 2.23. The molecule has 0 aliphatic rings. The van der Waals surface area contributed by atoms with E-state index < -0.39 is 4.92 Å². The molecule has 0 radical (unpaired) electrons. The van der Waals surface area contributed by atoms with E-state index in [2.05, 4.69) is 15.5 Å². The summed E-state index contributed by atoms with van der Waals surface area (Å²) >= 11 is 0. The van der Waals surface area contributed by atoms with Crippen LogP contribution in [0.3, 0.4) is 0 Å². The minimum absolute atomic E-state index is 0.0441. The number of nitro benzene ring substituents is 1. The molecule has 2 aromatic rings. The van der Waals surface area contributed by atoms with Crippen LogP contribution in [-0.2, 0) is 18.3 Å². The third kappa shape index (κ3) is 4.59. The lowest BCUT2D eigenvalue weighted by atomic mass is 10.1. The normalized spacial score (nSPS) is 12.0. The molecule has 1 unspecified atom stereocenters. The average molecular weight is 346 g/mol. The van der Waals surface area contributed by atoms with Gasteiger partial charge < -0.3 is 4.90 Å². The number of amides is 1. The Labute approximate surface area is 145 Å². The highest BCUT2D eigenvalue weighted by atomic mass is 16.6. The van der Waals surface area contributed by atoms with Gasteiger partial charge in [0.15, 0.2) is 5.82 Å². The zero-order valence-corrected chi connectivity index (χ0v) is 14.6. The smallest absolute Gasteiger partial charge is 0.269 e. The van der Waals surface area contributed by atoms with Crippen molar-refractivity contribution in [3.63, 3.8) is 0 Å². The Morgan fingerprint density at radius 2 is 2.04 bits per heavy atom. The van der Waals surface area contributed by atoms with Gasteiger partial charge in [0, 0.05) is 38.6 Å². The van der Waals surface area contributed by atoms with Crippen LogP contribution in [0.15, 0.2) is 24.3 Å². The molecule has 1 aromatic heterocycles. The van der Waals surface area contributed by atoms with Crippen molar-refractivity contribution in [1.29, 1.82) is 0 Å². The van der Waals surface area contributed by atoms with E-state index in [1.165, 1.54) is 12.1 Å². The second kappa shape index (κ2) is 8.32. The molecule has 0 aliphatic heterocycles. The van der Waals surface area contributed by atoms with E-state index in [1.807, 2.05) is 13.8 Å². The molecule has 2 rings (SSSR count). The number of non-ortho nitro benzene ring substituents is 1. The van der Waals surface area contributed by atoms with Gasteiger partial charge in [-0.2, -0.15) is 0 Å². The molecule has 0 spiro atoms. The lowest BCUT2D eigenvalue weighted by Crippen LogP contribution is -2.33. The van der Waals surface area contributed by atoms with Gasteiger partial charge in [0.05, 0.1) is 11.0 Å². The molecular formula is C16H22N6O3. The quantitative estimate of drug-likeness (QED) is 0.535. The van der Waals surface area contributed by atoms with E-state index in [9.17, 15) is 14.9 Å². The van der Waals surface area contributed by atoms with Crippen LogP contribution in [0.5, 0.6) is 0 Å². The maximum Gasteiger partial charge on any atom is 0.269 e. The molecule has 1 heterocycles. The number of nitrogens with zero attached hydrogens (tertiary/aromatic N) is 6. The molecule has 0 saturated carbocycles. The largest absolute Gasteiger partial charge is 0.336 e. The van der Waals surface area contributed by atoms with Gasteiger partial charge in [0.25, 0.3) is 5.69 Å². The predicted octanol–water partition coefficient (Wildman–Crippen LogP) is 2.05. The molecule has 0 bridgehead atoms. The van der Waals surface area contributed by atoms with Gasteiger partial charge >= 0.3 is 0 Å². The van der Waals surface area contributed by atoms with Crippen LogP contribution in [0, 0.1) is 10.1 Å². The van der Waals surface area contributed by atoms with Gasteiger partial charge in [-0.25, -0.2) is 4.68 Å². The summed E-state index contributed by atoms with van der Waals surface area (Å²) in [7, 11) is 1.77. The van der Waals surface area contributed by atoms with Crippen LogP contribution >= 0.6 is 0 Å². The summed E-state index contributed by atoms with van der Waals surface area (Å²) in [4.78, 5) is 24.6. The minimum atomic E-state index is -0.432. The minimum Gasteiger partial charge on any atom is -0.336 e. The fourth-order valence-electron chi connectivity index (χ4n) is 2.72. The van der Waals surface area contributed by atoms with Crippen LogP contribution in [0.2, 0.25) is 0 Å². The summed E-state index contributed by atoms with van der Waals surface area (Å²) in [5.41, 5.74) is 0.918. The monoisotopic (exact) mass is 346 g/mol. The summed E-state index contributed by atoms with van der Waals surface area (Å²) in [6, 6.07) is 6.18. The fraction of sp³-hybridized carbons (Fsp3) is 0.500. The van der Waals surface area contributed by atoms with Gasteiger partial charge in [-0.3, -0.25) is 14.9 Å². The number of nitro groups is 1. The Kier molecular flexibility index (Phi) is 6.15. The maximum absolute atomic E-state index is 12.5. The first-order valence-electron chi connectivity index (χ1n) is 8.19. The zero-order valence-electron chi connectivity index (χ0n) is 14.6. The van der Waals surface area contributed by atoms with Crippen molar-refractivity contribution in [2.24, 2.45) is 7.05 Å². The molecule has 0 saturated heterocycles. The second-order valence-corrected chi connectivity index (χ2v) is 5.78. The van der Waals surface area contributed by atoms with Crippen molar-refractivity contribution in [3.05, 3.63) is 45.8 Å². The molecule has 1 atom stereocenters. The number of tetrazole rings is 1. The topological polar surface area (TPSA) is 107 Å². The van der Waals surface area contributed by atoms with Crippen molar-refractivity contribution in [2.75, 3.05) is 6.54 Å². The SMILES string of the molecule is CCN(C(=O)CCCc1nnnn1C)C(C)c1ccc([N+](=O)[O-])cc1. The van der Waals surface area contributed by atoms with Crippen molar-refractivity contribution in [3.8, 4) is 0 Å². The van der Waals surface area contributed by atoms with E-state index >= 15 is 0 Å². The molecule has 0 N–H and O–H groups in total. The summed E-state index contributed by atoms with van der Waals surface area (Å²) in [5, 5.41) is 22.0. The van der Waals surface area contributed by atoms with E-state index in [-0.39, 0.29) is 17.6 Å². The zero-order chi connectivity index (χ0) is 18.4. The van der Waals surface area contributed by atoms with E-state index in [0.717, 1.165) is 11.4 Å². The van der Waals surface area contributed by atoms with Gasteiger partial charge in [-0.1, -0.05) is 12.1 Å². The lowest BCUT2D eigenvalue weighted by Gasteiger charge is -2.28. The fourth-order valence-corrected chi connectivity index (χ4v) is 2.72. The van der Waals surface area contributed by atoms with Crippen molar-refractivity contribution in [1.82, 2.24) is 25.1 Å². The molecule has 1 aromatic carbocycles. The molecule has 134 valence electrons. The Balaban J connectivity index is 1.95.